The van der Waals surface area contributed by atoms with Gasteiger partial charge in [-0.1, -0.05) is 11.6 Å². The van der Waals surface area contributed by atoms with Gasteiger partial charge in [-0.2, -0.15) is 0 Å². The number of halogens is 1. The molecular weight excluding hydrogens is 187 g/mol. The SMILES string of the molecule is COc1ccc(C)cc1C(F)C(=O)O. The number of carbonyl (C=O) groups is 1. The molecule has 0 radical (unpaired) electrons. The molecule has 0 aliphatic carbocycles. The van der Waals surface area contributed by atoms with Gasteiger partial charge in [-0.25, -0.2) is 9.18 Å². The minimum Gasteiger partial charge on any atom is -0.496 e. The van der Waals surface area contributed by atoms with Gasteiger partial charge in [0.15, 0.2) is 0 Å². The first-order chi connectivity index (χ1) is 6.56. The minimum absolute atomic E-state index is 0.0556. The van der Waals surface area contributed by atoms with Crippen molar-refractivity contribution in [2.24, 2.45) is 0 Å². The van der Waals surface area contributed by atoms with Crippen LogP contribution in [0.2, 0.25) is 0 Å². The molecule has 0 aromatic heterocycles. The van der Waals surface area contributed by atoms with E-state index in [2.05, 4.69) is 0 Å². The third-order valence-electron chi connectivity index (χ3n) is 1.88. The van der Waals surface area contributed by atoms with E-state index in [4.69, 9.17) is 9.84 Å². The summed E-state index contributed by atoms with van der Waals surface area (Å²) in [4.78, 5) is 10.4. The van der Waals surface area contributed by atoms with Crippen LogP contribution in [0.15, 0.2) is 18.2 Å². The van der Waals surface area contributed by atoms with Gasteiger partial charge in [-0.3, -0.25) is 0 Å². The number of rotatable bonds is 3. The van der Waals surface area contributed by atoms with E-state index in [0.717, 1.165) is 5.56 Å². The number of ether oxygens (including phenoxy) is 1. The van der Waals surface area contributed by atoms with Gasteiger partial charge in [0.25, 0.3) is 0 Å². The lowest BCUT2D eigenvalue weighted by Gasteiger charge is -2.10. The molecule has 0 saturated carbocycles. The molecule has 0 bridgehead atoms. The molecule has 0 aliphatic rings. The lowest BCUT2D eigenvalue weighted by atomic mass is 10.1. The number of carboxylic acids is 1. The average Bonchev–Trinajstić information content (AvgIpc) is 2.16. The molecule has 1 rings (SSSR count). The van der Waals surface area contributed by atoms with Crippen molar-refractivity contribution in [2.75, 3.05) is 7.11 Å². The van der Waals surface area contributed by atoms with E-state index in [1.165, 1.54) is 13.2 Å². The summed E-state index contributed by atoms with van der Waals surface area (Å²) in [5.41, 5.74) is 0.852. The summed E-state index contributed by atoms with van der Waals surface area (Å²) in [7, 11) is 1.38. The summed E-state index contributed by atoms with van der Waals surface area (Å²) < 4.78 is 18.1. The second-order valence-corrected chi connectivity index (χ2v) is 2.95. The van der Waals surface area contributed by atoms with Crippen LogP contribution in [0.5, 0.6) is 5.75 Å². The molecule has 3 nitrogen and oxygen atoms in total. The van der Waals surface area contributed by atoms with Crippen LogP contribution >= 0.6 is 0 Å². The smallest absolute Gasteiger partial charge is 0.343 e. The molecule has 0 amide bonds. The van der Waals surface area contributed by atoms with Crippen molar-refractivity contribution < 1.29 is 19.0 Å². The summed E-state index contributed by atoms with van der Waals surface area (Å²) in [5, 5.41) is 8.52. The second-order valence-electron chi connectivity index (χ2n) is 2.95. The van der Waals surface area contributed by atoms with Gasteiger partial charge in [0.2, 0.25) is 6.17 Å². The van der Waals surface area contributed by atoms with Gasteiger partial charge in [-0.15, -0.1) is 0 Å². The van der Waals surface area contributed by atoms with E-state index in [1.807, 2.05) is 0 Å². The highest BCUT2D eigenvalue weighted by molar-refractivity contribution is 5.75. The summed E-state index contributed by atoms with van der Waals surface area (Å²) >= 11 is 0. The predicted molar refractivity (Wildman–Crippen MR) is 49.2 cm³/mol. The average molecular weight is 198 g/mol. The molecule has 14 heavy (non-hydrogen) atoms. The molecule has 0 aliphatic heterocycles. The zero-order valence-electron chi connectivity index (χ0n) is 7.95. The van der Waals surface area contributed by atoms with Crippen LogP contribution < -0.4 is 4.74 Å². The highest BCUT2D eigenvalue weighted by Crippen LogP contribution is 2.28. The van der Waals surface area contributed by atoms with E-state index in [0.29, 0.717) is 0 Å². The Bertz CT molecular complexity index is 349. The van der Waals surface area contributed by atoms with Crippen molar-refractivity contribution in [3.8, 4) is 5.75 Å². The van der Waals surface area contributed by atoms with Crippen LogP contribution in [0.3, 0.4) is 0 Å². The normalized spacial score (nSPS) is 12.2. The van der Waals surface area contributed by atoms with E-state index in [-0.39, 0.29) is 11.3 Å². The molecule has 76 valence electrons. The monoisotopic (exact) mass is 198 g/mol. The van der Waals surface area contributed by atoms with Crippen molar-refractivity contribution in [1.29, 1.82) is 0 Å². The standard InChI is InChI=1S/C10H11FO3/c1-6-3-4-8(14-2)7(5-6)9(11)10(12)13/h3-5,9H,1-2H3,(H,12,13). The molecule has 0 heterocycles. The molecule has 4 heteroatoms. The van der Waals surface area contributed by atoms with E-state index < -0.39 is 12.1 Å². The number of hydrogen-bond donors (Lipinski definition) is 1. The predicted octanol–water partition coefficient (Wildman–Crippen LogP) is 2.10. The third-order valence-corrected chi connectivity index (χ3v) is 1.88. The fourth-order valence-corrected chi connectivity index (χ4v) is 1.18. The Morgan fingerprint density at radius 1 is 1.57 bits per heavy atom. The summed E-state index contributed by atoms with van der Waals surface area (Å²) in [6.07, 6.45) is -2.04. The number of alkyl halides is 1. The van der Waals surface area contributed by atoms with E-state index in [9.17, 15) is 9.18 Å². The van der Waals surface area contributed by atoms with Crippen molar-refractivity contribution in [2.45, 2.75) is 13.1 Å². The van der Waals surface area contributed by atoms with Crippen molar-refractivity contribution in [1.82, 2.24) is 0 Å². The maximum atomic E-state index is 13.2. The number of methoxy groups -OCH3 is 1. The minimum atomic E-state index is -2.04. The highest BCUT2D eigenvalue weighted by atomic mass is 19.1. The van der Waals surface area contributed by atoms with Crippen molar-refractivity contribution in [3.05, 3.63) is 29.3 Å². The largest absolute Gasteiger partial charge is 0.496 e. The number of benzene rings is 1. The topological polar surface area (TPSA) is 46.5 Å². The molecule has 1 unspecified atom stereocenters. The van der Waals surface area contributed by atoms with Gasteiger partial charge >= 0.3 is 5.97 Å². The third kappa shape index (κ3) is 2.02. The molecule has 0 saturated heterocycles. The zero-order valence-corrected chi connectivity index (χ0v) is 7.95. The maximum Gasteiger partial charge on any atom is 0.343 e. The first-order valence-corrected chi connectivity index (χ1v) is 4.07. The molecule has 0 fully saturated rings. The first-order valence-electron chi connectivity index (χ1n) is 4.07. The Kier molecular flexibility index (Phi) is 3.06. The fraction of sp³-hybridized carbons (Fsp3) is 0.300. The highest BCUT2D eigenvalue weighted by Gasteiger charge is 2.22. The Balaban J connectivity index is 3.16. The molecule has 1 aromatic rings. The Morgan fingerprint density at radius 2 is 2.21 bits per heavy atom. The van der Waals surface area contributed by atoms with Gasteiger partial charge in [-0.05, 0) is 19.1 Å². The molecule has 1 atom stereocenters. The summed E-state index contributed by atoms with van der Waals surface area (Å²) in [6.45, 7) is 1.76. The zero-order chi connectivity index (χ0) is 10.7. The number of carboxylic acid groups (broad SMARTS) is 1. The van der Waals surface area contributed by atoms with Gasteiger partial charge in [0, 0.05) is 5.56 Å². The molecule has 0 spiro atoms. The van der Waals surface area contributed by atoms with Crippen LogP contribution in [0, 0.1) is 6.92 Å². The molecular formula is C10H11FO3. The van der Waals surface area contributed by atoms with Crippen molar-refractivity contribution in [3.63, 3.8) is 0 Å². The molecule has 1 aromatic carbocycles. The quantitative estimate of drug-likeness (QED) is 0.808. The Hall–Kier alpha value is -1.58. The van der Waals surface area contributed by atoms with Crippen molar-refractivity contribution >= 4 is 5.97 Å². The van der Waals surface area contributed by atoms with E-state index in [1.54, 1.807) is 19.1 Å². The van der Waals surface area contributed by atoms with E-state index >= 15 is 0 Å². The lowest BCUT2D eigenvalue weighted by Crippen LogP contribution is -2.07. The number of hydrogen-bond acceptors (Lipinski definition) is 2. The first kappa shape index (κ1) is 10.5. The number of aryl methyl sites for hydroxylation is 1. The lowest BCUT2D eigenvalue weighted by molar-refractivity contribution is -0.143. The second kappa shape index (κ2) is 4.09. The van der Waals surface area contributed by atoms with Gasteiger partial charge in [0.1, 0.15) is 5.75 Å². The van der Waals surface area contributed by atoms with Gasteiger partial charge < -0.3 is 9.84 Å². The molecule has 1 N–H and O–H groups in total. The van der Waals surface area contributed by atoms with Crippen LogP contribution in [0.4, 0.5) is 4.39 Å². The van der Waals surface area contributed by atoms with Gasteiger partial charge in [0.05, 0.1) is 7.11 Å². The summed E-state index contributed by atoms with van der Waals surface area (Å²) in [5.74, 6) is -1.25. The van der Waals surface area contributed by atoms with Crippen LogP contribution in [-0.4, -0.2) is 18.2 Å². The van der Waals surface area contributed by atoms with Crippen LogP contribution in [-0.2, 0) is 4.79 Å². The maximum absolute atomic E-state index is 13.2. The van der Waals surface area contributed by atoms with Crippen LogP contribution in [0.25, 0.3) is 0 Å². The van der Waals surface area contributed by atoms with Crippen LogP contribution in [0.1, 0.15) is 17.3 Å². The fourth-order valence-electron chi connectivity index (χ4n) is 1.18. The summed E-state index contributed by atoms with van der Waals surface area (Å²) in [6, 6.07) is 4.76. The Morgan fingerprint density at radius 3 is 2.71 bits per heavy atom. The number of aliphatic carboxylic acids is 1. The Labute approximate surface area is 81.1 Å².